The van der Waals surface area contributed by atoms with Crippen LogP contribution >= 0.6 is 0 Å². The van der Waals surface area contributed by atoms with E-state index in [-0.39, 0.29) is 5.82 Å². The van der Waals surface area contributed by atoms with Crippen molar-refractivity contribution in [1.82, 2.24) is 9.97 Å². The minimum atomic E-state index is -0.181. The Kier molecular flexibility index (Phi) is 5.89. The molecular formula is C22H23FN2. The van der Waals surface area contributed by atoms with E-state index >= 15 is 0 Å². The molecule has 2 unspecified atom stereocenters. The molecule has 128 valence electrons. The Hall–Kier alpha value is -2.55. The van der Waals surface area contributed by atoms with E-state index in [1.165, 1.54) is 16.7 Å². The number of halogens is 1. The molecular weight excluding hydrogens is 311 g/mol. The van der Waals surface area contributed by atoms with Crippen LogP contribution in [0.3, 0.4) is 0 Å². The van der Waals surface area contributed by atoms with Crippen LogP contribution < -0.4 is 0 Å². The van der Waals surface area contributed by atoms with E-state index < -0.39 is 0 Å². The van der Waals surface area contributed by atoms with Crippen LogP contribution in [0.4, 0.5) is 4.39 Å². The summed E-state index contributed by atoms with van der Waals surface area (Å²) in [4.78, 5) is 8.28. The summed E-state index contributed by atoms with van der Waals surface area (Å²) in [7, 11) is 0. The first-order chi connectivity index (χ1) is 12.3. The zero-order valence-corrected chi connectivity index (χ0v) is 14.5. The Morgan fingerprint density at radius 2 is 1.32 bits per heavy atom. The van der Waals surface area contributed by atoms with Crippen molar-refractivity contribution < 1.29 is 4.39 Å². The zero-order valence-electron chi connectivity index (χ0n) is 14.5. The topological polar surface area (TPSA) is 25.8 Å². The Bertz CT molecular complexity index is 757. The third-order valence-electron chi connectivity index (χ3n) is 4.84. The molecule has 0 amide bonds. The highest BCUT2D eigenvalue weighted by molar-refractivity contribution is 5.24. The zero-order chi connectivity index (χ0) is 17.5. The van der Waals surface area contributed by atoms with Crippen LogP contribution in [0.25, 0.3) is 0 Å². The molecule has 0 aliphatic carbocycles. The van der Waals surface area contributed by atoms with Gasteiger partial charge in [0.1, 0.15) is 5.82 Å². The summed E-state index contributed by atoms with van der Waals surface area (Å²) in [5.74, 6) is 0.681. The normalized spacial score (nSPS) is 13.4. The largest absolute Gasteiger partial charge is 0.265 e. The highest BCUT2D eigenvalue weighted by Crippen LogP contribution is 2.33. The Morgan fingerprint density at radius 3 is 1.92 bits per heavy atom. The molecule has 0 N–H and O–H groups in total. The van der Waals surface area contributed by atoms with Gasteiger partial charge in [-0.1, -0.05) is 25.5 Å². The monoisotopic (exact) mass is 334 g/mol. The molecule has 2 heterocycles. The van der Waals surface area contributed by atoms with Crippen LogP contribution in [0, 0.1) is 11.7 Å². The molecule has 1 aromatic carbocycles. The molecule has 0 radical (unpaired) electrons. The number of nitrogens with zero attached hydrogens (tertiary/aromatic N) is 2. The molecule has 0 saturated carbocycles. The summed E-state index contributed by atoms with van der Waals surface area (Å²) in [5, 5.41) is 0. The minimum absolute atomic E-state index is 0.181. The van der Waals surface area contributed by atoms with Gasteiger partial charge in [-0.25, -0.2) is 4.39 Å². The molecule has 3 aromatic rings. The first-order valence-electron chi connectivity index (χ1n) is 8.79. The van der Waals surface area contributed by atoms with Crippen molar-refractivity contribution >= 4 is 0 Å². The molecule has 3 heteroatoms. The van der Waals surface area contributed by atoms with Gasteiger partial charge in [-0.15, -0.1) is 0 Å². The van der Waals surface area contributed by atoms with E-state index in [1.807, 2.05) is 36.9 Å². The standard InChI is InChI=1S/C22H23FN2/c1-2-19(15-17-3-5-21(23)6-4-17)22(20-9-13-25-14-10-20)16-18-7-11-24-12-8-18/h3-14,19,22H,2,15-16H2,1H3. The fraction of sp³-hybridized carbons (Fsp3) is 0.273. The molecule has 25 heavy (non-hydrogen) atoms. The number of aromatic nitrogens is 2. The van der Waals surface area contributed by atoms with Gasteiger partial charge in [-0.2, -0.15) is 0 Å². The molecule has 0 spiro atoms. The van der Waals surface area contributed by atoms with Gasteiger partial charge in [0, 0.05) is 24.8 Å². The van der Waals surface area contributed by atoms with Crippen molar-refractivity contribution in [2.24, 2.45) is 5.92 Å². The molecule has 2 nitrogen and oxygen atoms in total. The molecule has 0 bridgehead atoms. The minimum Gasteiger partial charge on any atom is -0.265 e. The van der Waals surface area contributed by atoms with E-state index in [2.05, 4.69) is 41.2 Å². The maximum absolute atomic E-state index is 13.2. The summed E-state index contributed by atoms with van der Waals surface area (Å²) in [6.07, 6.45) is 10.4. The van der Waals surface area contributed by atoms with Crippen LogP contribution in [-0.2, 0) is 12.8 Å². The fourth-order valence-electron chi connectivity index (χ4n) is 3.43. The summed E-state index contributed by atoms with van der Waals surface area (Å²) in [6.45, 7) is 2.23. The maximum Gasteiger partial charge on any atom is 0.123 e. The highest BCUT2D eigenvalue weighted by Gasteiger charge is 2.22. The lowest BCUT2D eigenvalue weighted by Crippen LogP contribution is -2.18. The van der Waals surface area contributed by atoms with Crippen molar-refractivity contribution in [2.45, 2.75) is 32.1 Å². The SMILES string of the molecule is CCC(Cc1ccc(F)cc1)C(Cc1ccncc1)c1ccncc1. The Balaban J connectivity index is 1.86. The van der Waals surface area contributed by atoms with Crippen LogP contribution in [0.15, 0.2) is 73.3 Å². The van der Waals surface area contributed by atoms with Crippen LogP contribution in [0.1, 0.15) is 36.0 Å². The Labute approximate surface area is 148 Å². The lowest BCUT2D eigenvalue weighted by molar-refractivity contribution is 0.403. The predicted molar refractivity (Wildman–Crippen MR) is 98.8 cm³/mol. The smallest absolute Gasteiger partial charge is 0.123 e. The number of pyridine rings is 2. The van der Waals surface area contributed by atoms with E-state index in [0.717, 1.165) is 19.3 Å². The van der Waals surface area contributed by atoms with Gasteiger partial charge >= 0.3 is 0 Å². The van der Waals surface area contributed by atoms with Gasteiger partial charge in [0.15, 0.2) is 0 Å². The molecule has 2 atom stereocenters. The lowest BCUT2D eigenvalue weighted by Gasteiger charge is -2.27. The van der Waals surface area contributed by atoms with Crippen molar-refractivity contribution in [1.29, 1.82) is 0 Å². The molecule has 3 rings (SSSR count). The lowest BCUT2D eigenvalue weighted by atomic mass is 9.77. The first-order valence-corrected chi connectivity index (χ1v) is 8.79. The van der Waals surface area contributed by atoms with Crippen molar-refractivity contribution in [3.63, 3.8) is 0 Å². The molecule has 2 aromatic heterocycles. The van der Waals surface area contributed by atoms with Gasteiger partial charge < -0.3 is 0 Å². The number of benzene rings is 1. The van der Waals surface area contributed by atoms with Gasteiger partial charge in [-0.3, -0.25) is 9.97 Å². The molecule has 0 saturated heterocycles. The number of hydrogen-bond donors (Lipinski definition) is 0. The van der Waals surface area contributed by atoms with Crippen molar-refractivity contribution in [3.05, 3.63) is 95.8 Å². The van der Waals surface area contributed by atoms with E-state index in [4.69, 9.17) is 0 Å². The van der Waals surface area contributed by atoms with Crippen LogP contribution in [0.5, 0.6) is 0 Å². The van der Waals surface area contributed by atoms with Gasteiger partial charge in [0.2, 0.25) is 0 Å². The van der Waals surface area contributed by atoms with Crippen molar-refractivity contribution in [3.8, 4) is 0 Å². The Morgan fingerprint density at radius 1 is 0.760 bits per heavy atom. The van der Waals surface area contributed by atoms with E-state index in [1.54, 1.807) is 12.1 Å². The summed E-state index contributed by atoms with van der Waals surface area (Å²) in [6, 6.07) is 15.3. The second kappa shape index (κ2) is 8.52. The second-order valence-electron chi connectivity index (χ2n) is 6.45. The average molecular weight is 334 g/mol. The molecule has 0 fully saturated rings. The van der Waals surface area contributed by atoms with Gasteiger partial charge in [0.05, 0.1) is 0 Å². The summed E-state index contributed by atoms with van der Waals surface area (Å²) >= 11 is 0. The summed E-state index contributed by atoms with van der Waals surface area (Å²) in [5.41, 5.74) is 3.78. The van der Waals surface area contributed by atoms with Gasteiger partial charge in [-0.05, 0) is 77.8 Å². The number of hydrogen-bond acceptors (Lipinski definition) is 2. The maximum atomic E-state index is 13.2. The van der Waals surface area contributed by atoms with Crippen LogP contribution in [-0.4, -0.2) is 9.97 Å². The van der Waals surface area contributed by atoms with Crippen molar-refractivity contribution in [2.75, 3.05) is 0 Å². The third kappa shape index (κ3) is 4.72. The summed E-state index contributed by atoms with van der Waals surface area (Å²) < 4.78 is 13.2. The second-order valence-corrected chi connectivity index (χ2v) is 6.45. The number of rotatable bonds is 7. The highest BCUT2D eigenvalue weighted by atomic mass is 19.1. The third-order valence-corrected chi connectivity index (χ3v) is 4.84. The van der Waals surface area contributed by atoms with E-state index in [0.29, 0.717) is 11.8 Å². The quantitative estimate of drug-likeness (QED) is 0.593. The van der Waals surface area contributed by atoms with Gasteiger partial charge in [0.25, 0.3) is 0 Å². The fourth-order valence-corrected chi connectivity index (χ4v) is 3.43. The molecule has 0 aliphatic rings. The molecule has 0 aliphatic heterocycles. The average Bonchev–Trinajstić information content (AvgIpc) is 2.67. The first kappa shape index (κ1) is 17.3. The predicted octanol–water partition coefficient (Wildman–Crippen LogP) is 5.21. The van der Waals surface area contributed by atoms with Crippen LogP contribution in [0.2, 0.25) is 0 Å². The van der Waals surface area contributed by atoms with E-state index in [9.17, 15) is 4.39 Å².